The summed E-state index contributed by atoms with van der Waals surface area (Å²) in [7, 11) is 0. The molecular formula is C30H42N2O. The predicted octanol–water partition coefficient (Wildman–Crippen LogP) is 6.18. The number of benzene rings is 2. The molecule has 0 unspecified atom stereocenters. The van der Waals surface area contributed by atoms with Crippen LogP contribution in [0.5, 0.6) is 0 Å². The van der Waals surface area contributed by atoms with Gasteiger partial charge in [0.15, 0.2) is 0 Å². The molecule has 3 aliphatic rings. The quantitative estimate of drug-likeness (QED) is 0.608. The summed E-state index contributed by atoms with van der Waals surface area (Å²) in [5.41, 5.74) is 2.63. The van der Waals surface area contributed by atoms with Gasteiger partial charge in [-0.1, -0.05) is 89.4 Å². The van der Waals surface area contributed by atoms with Gasteiger partial charge in [0.1, 0.15) is 5.60 Å². The van der Waals surface area contributed by atoms with Crippen molar-refractivity contribution in [3.63, 3.8) is 0 Å². The van der Waals surface area contributed by atoms with Crippen LogP contribution in [0.3, 0.4) is 0 Å². The van der Waals surface area contributed by atoms with E-state index in [1.165, 1.54) is 43.4 Å². The van der Waals surface area contributed by atoms with Crippen LogP contribution in [0.2, 0.25) is 0 Å². The van der Waals surface area contributed by atoms with Gasteiger partial charge in [-0.05, 0) is 42.0 Å². The molecule has 178 valence electrons. The molecule has 2 saturated carbocycles. The predicted molar refractivity (Wildman–Crippen MR) is 138 cm³/mol. The number of hydrogen-bond acceptors (Lipinski definition) is 3. The molecule has 0 spiro atoms. The highest BCUT2D eigenvalue weighted by Crippen LogP contribution is 2.68. The van der Waals surface area contributed by atoms with Crippen molar-refractivity contribution >= 4 is 5.69 Å². The maximum Gasteiger partial charge on any atom is 0.103 e. The largest absolute Gasteiger partial charge is 0.384 e. The van der Waals surface area contributed by atoms with Crippen LogP contribution in [0.4, 0.5) is 5.69 Å². The summed E-state index contributed by atoms with van der Waals surface area (Å²) < 4.78 is 0. The SMILES string of the molecule is CC1(C)C(N2CCN(c3ccccc3)CC2)C(C)(C)C1(O)c1ccc(C2CCCCC2)cc1. The molecule has 0 bridgehead atoms. The standard InChI is InChI=1S/C30H42N2O/c1-28(2)27(32-21-19-31(20-22-32)26-13-9-6-10-14-26)29(3,4)30(28,33)25-17-15-24(16-18-25)23-11-7-5-8-12-23/h6,9-10,13-18,23,27,33H,5,7-8,11-12,19-22H2,1-4H3. The minimum absolute atomic E-state index is 0.211. The van der Waals surface area contributed by atoms with Crippen molar-refractivity contribution < 1.29 is 5.11 Å². The fourth-order valence-corrected chi connectivity index (χ4v) is 8.02. The molecule has 5 rings (SSSR count). The van der Waals surface area contributed by atoms with Crippen LogP contribution in [0.15, 0.2) is 54.6 Å². The van der Waals surface area contributed by atoms with Crippen LogP contribution in [-0.2, 0) is 5.60 Å². The van der Waals surface area contributed by atoms with Crippen molar-refractivity contribution in [2.75, 3.05) is 31.1 Å². The normalized spacial score (nSPS) is 30.1. The summed E-state index contributed by atoms with van der Waals surface area (Å²) in [5, 5.41) is 12.2. The molecule has 1 saturated heterocycles. The monoisotopic (exact) mass is 446 g/mol. The molecule has 2 aromatic carbocycles. The second-order valence-corrected chi connectivity index (χ2v) is 11.9. The van der Waals surface area contributed by atoms with E-state index in [1.807, 2.05) is 0 Å². The summed E-state index contributed by atoms with van der Waals surface area (Å²) in [6.45, 7) is 13.3. The van der Waals surface area contributed by atoms with Gasteiger partial charge in [-0.15, -0.1) is 0 Å². The van der Waals surface area contributed by atoms with Crippen molar-refractivity contribution in [2.24, 2.45) is 10.8 Å². The first-order valence-corrected chi connectivity index (χ1v) is 13.1. The Morgan fingerprint density at radius 2 is 1.30 bits per heavy atom. The van der Waals surface area contributed by atoms with Crippen LogP contribution in [0.25, 0.3) is 0 Å². The second-order valence-electron chi connectivity index (χ2n) is 11.9. The van der Waals surface area contributed by atoms with Crippen LogP contribution in [0.1, 0.15) is 76.8 Å². The first-order valence-electron chi connectivity index (χ1n) is 13.1. The van der Waals surface area contributed by atoms with Crippen molar-refractivity contribution in [2.45, 2.75) is 77.4 Å². The Hall–Kier alpha value is -1.84. The van der Waals surface area contributed by atoms with Crippen molar-refractivity contribution in [3.8, 4) is 0 Å². The Bertz CT molecular complexity index is 919. The number of aliphatic hydroxyl groups is 1. The van der Waals surface area contributed by atoms with E-state index in [1.54, 1.807) is 0 Å². The highest BCUT2D eigenvalue weighted by Gasteiger charge is 2.73. The smallest absolute Gasteiger partial charge is 0.103 e. The van der Waals surface area contributed by atoms with Crippen molar-refractivity contribution in [1.82, 2.24) is 4.90 Å². The molecule has 3 fully saturated rings. The van der Waals surface area contributed by atoms with Gasteiger partial charge in [0.25, 0.3) is 0 Å². The van der Waals surface area contributed by atoms with Crippen LogP contribution in [-0.4, -0.2) is 42.2 Å². The molecule has 2 aliphatic carbocycles. The van der Waals surface area contributed by atoms with E-state index in [4.69, 9.17) is 0 Å². The third kappa shape index (κ3) is 3.54. The lowest BCUT2D eigenvalue weighted by atomic mass is 9.39. The Labute approximate surface area is 200 Å². The van der Waals surface area contributed by atoms with E-state index in [0.29, 0.717) is 12.0 Å². The summed E-state index contributed by atoms with van der Waals surface area (Å²) >= 11 is 0. The van der Waals surface area contributed by atoms with Gasteiger partial charge >= 0.3 is 0 Å². The third-order valence-corrected chi connectivity index (χ3v) is 9.44. The van der Waals surface area contributed by atoms with E-state index < -0.39 is 5.60 Å². The fraction of sp³-hybridized carbons (Fsp3) is 0.600. The molecular weight excluding hydrogens is 404 g/mol. The van der Waals surface area contributed by atoms with Gasteiger partial charge in [-0.25, -0.2) is 0 Å². The molecule has 3 heteroatoms. The first kappa shape index (κ1) is 22.9. The molecule has 1 aliphatic heterocycles. The molecule has 0 atom stereocenters. The van der Waals surface area contributed by atoms with E-state index >= 15 is 0 Å². The van der Waals surface area contributed by atoms with E-state index in [2.05, 4.69) is 92.1 Å². The van der Waals surface area contributed by atoms with E-state index in [9.17, 15) is 5.11 Å². The van der Waals surface area contributed by atoms with Crippen molar-refractivity contribution in [1.29, 1.82) is 0 Å². The lowest BCUT2D eigenvalue weighted by molar-refractivity contribution is -0.307. The fourth-order valence-electron chi connectivity index (χ4n) is 8.02. The first-order chi connectivity index (χ1) is 15.8. The molecule has 1 heterocycles. The topological polar surface area (TPSA) is 26.7 Å². The Morgan fingerprint density at radius 1 is 0.727 bits per heavy atom. The summed E-state index contributed by atoms with van der Waals surface area (Å²) in [4.78, 5) is 5.13. The number of rotatable bonds is 4. The number of nitrogens with zero attached hydrogens (tertiary/aromatic N) is 2. The Balaban J connectivity index is 1.32. The number of piperazine rings is 1. The molecule has 2 aromatic rings. The zero-order valence-electron chi connectivity index (χ0n) is 21.1. The second kappa shape index (κ2) is 8.43. The average Bonchev–Trinajstić information content (AvgIpc) is 2.84. The third-order valence-electron chi connectivity index (χ3n) is 9.44. The van der Waals surface area contributed by atoms with E-state index in [-0.39, 0.29) is 10.8 Å². The van der Waals surface area contributed by atoms with Gasteiger partial charge in [-0.2, -0.15) is 0 Å². The molecule has 0 aromatic heterocycles. The van der Waals surface area contributed by atoms with Gasteiger partial charge in [0.05, 0.1) is 0 Å². The van der Waals surface area contributed by atoms with Gasteiger partial charge in [0, 0.05) is 48.7 Å². The lowest BCUT2D eigenvalue weighted by Gasteiger charge is -2.72. The van der Waals surface area contributed by atoms with Crippen LogP contribution in [0, 0.1) is 10.8 Å². The zero-order chi connectivity index (χ0) is 23.3. The Kier molecular flexibility index (Phi) is 5.86. The van der Waals surface area contributed by atoms with Gasteiger partial charge < -0.3 is 10.0 Å². The minimum Gasteiger partial charge on any atom is -0.384 e. The Morgan fingerprint density at radius 3 is 1.88 bits per heavy atom. The zero-order valence-corrected chi connectivity index (χ0v) is 21.1. The maximum atomic E-state index is 12.2. The molecule has 1 N–H and O–H groups in total. The minimum atomic E-state index is -0.827. The van der Waals surface area contributed by atoms with Gasteiger partial charge in [0.2, 0.25) is 0 Å². The van der Waals surface area contributed by atoms with Crippen LogP contribution >= 0.6 is 0 Å². The molecule has 0 radical (unpaired) electrons. The highest BCUT2D eigenvalue weighted by molar-refractivity contribution is 5.46. The molecule has 0 amide bonds. The summed E-state index contributed by atoms with van der Waals surface area (Å²) in [6, 6.07) is 20.2. The number of para-hydroxylation sites is 1. The lowest BCUT2D eigenvalue weighted by Crippen LogP contribution is -2.79. The molecule has 3 nitrogen and oxygen atoms in total. The van der Waals surface area contributed by atoms with Crippen LogP contribution < -0.4 is 4.90 Å². The summed E-state index contributed by atoms with van der Waals surface area (Å²) in [5.74, 6) is 0.707. The summed E-state index contributed by atoms with van der Waals surface area (Å²) in [6.07, 6.45) is 6.73. The van der Waals surface area contributed by atoms with Gasteiger partial charge in [-0.3, -0.25) is 4.90 Å². The highest BCUT2D eigenvalue weighted by atomic mass is 16.3. The van der Waals surface area contributed by atoms with E-state index in [0.717, 1.165) is 31.7 Å². The maximum absolute atomic E-state index is 12.2. The molecule has 33 heavy (non-hydrogen) atoms. The average molecular weight is 447 g/mol. The number of anilines is 1. The van der Waals surface area contributed by atoms with Crippen molar-refractivity contribution in [3.05, 3.63) is 65.7 Å². The number of hydrogen-bond donors (Lipinski definition) is 1.